The zero-order valence-electron chi connectivity index (χ0n) is 11.3. The van der Waals surface area contributed by atoms with E-state index in [1.165, 1.54) is 0 Å². The van der Waals surface area contributed by atoms with Gasteiger partial charge in [0.25, 0.3) is 0 Å². The van der Waals surface area contributed by atoms with Gasteiger partial charge in [0, 0.05) is 25.3 Å². The number of carboxylic acid groups (broad SMARTS) is 1. The molecule has 0 aliphatic carbocycles. The van der Waals surface area contributed by atoms with E-state index in [-0.39, 0.29) is 12.3 Å². The second kappa shape index (κ2) is 7.05. The Bertz CT molecular complexity index is 463. The molecule has 0 aromatic heterocycles. The molecule has 0 saturated carbocycles. The van der Waals surface area contributed by atoms with Crippen molar-refractivity contribution in [3.05, 3.63) is 29.8 Å². The van der Waals surface area contributed by atoms with Crippen LogP contribution in [0.5, 0.6) is 0 Å². The monoisotopic (exact) mass is 277 g/mol. The molecule has 1 aromatic rings. The molecule has 1 aromatic carbocycles. The lowest BCUT2D eigenvalue weighted by atomic mass is 9.96. The Kier molecular flexibility index (Phi) is 5.12. The Labute approximate surface area is 117 Å². The molecule has 0 unspecified atom stereocenters. The number of aliphatic carboxylic acids is 1. The van der Waals surface area contributed by atoms with Crippen LogP contribution in [0.1, 0.15) is 24.8 Å². The second-order valence-corrected chi connectivity index (χ2v) is 5.08. The van der Waals surface area contributed by atoms with Gasteiger partial charge in [-0.3, -0.25) is 9.59 Å². The lowest BCUT2D eigenvalue weighted by Gasteiger charge is -2.21. The maximum Gasteiger partial charge on any atom is 0.307 e. The van der Waals surface area contributed by atoms with Crippen LogP contribution in [-0.4, -0.2) is 30.2 Å². The molecule has 108 valence electrons. The summed E-state index contributed by atoms with van der Waals surface area (Å²) in [5.41, 5.74) is 1.43. The van der Waals surface area contributed by atoms with Crippen molar-refractivity contribution in [1.29, 1.82) is 0 Å². The third-order valence-electron chi connectivity index (χ3n) is 3.41. The van der Waals surface area contributed by atoms with Crippen molar-refractivity contribution in [1.82, 2.24) is 0 Å². The minimum atomic E-state index is -0.860. The average Bonchev–Trinajstić information content (AvgIpc) is 2.41. The first kappa shape index (κ1) is 14.5. The van der Waals surface area contributed by atoms with E-state index in [2.05, 4.69) is 5.32 Å². The van der Waals surface area contributed by atoms with Crippen LogP contribution in [0.4, 0.5) is 5.69 Å². The molecule has 20 heavy (non-hydrogen) atoms. The fraction of sp³-hybridized carbons (Fsp3) is 0.467. The largest absolute Gasteiger partial charge is 0.481 e. The van der Waals surface area contributed by atoms with E-state index in [1.807, 2.05) is 0 Å². The van der Waals surface area contributed by atoms with Gasteiger partial charge < -0.3 is 15.2 Å². The number of nitrogens with one attached hydrogen (secondary N) is 1. The van der Waals surface area contributed by atoms with Crippen LogP contribution in [0.2, 0.25) is 0 Å². The lowest BCUT2D eigenvalue weighted by Crippen LogP contribution is -2.22. The summed E-state index contributed by atoms with van der Waals surface area (Å²) in [7, 11) is 0. The quantitative estimate of drug-likeness (QED) is 0.864. The third kappa shape index (κ3) is 4.66. The lowest BCUT2D eigenvalue weighted by molar-refractivity contribution is -0.136. The van der Waals surface area contributed by atoms with Gasteiger partial charge in [-0.2, -0.15) is 0 Å². The zero-order chi connectivity index (χ0) is 14.4. The molecule has 1 aliphatic rings. The summed E-state index contributed by atoms with van der Waals surface area (Å²) in [5, 5.41) is 11.5. The maximum atomic E-state index is 11.9. The van der Waals surface area contributed by atoms with E-state index in [0.29, 0.717) is 18.0 Å². The van der Waals surface area contributed by atoms with E-state index in [0.717, 1.165) is 31.6 Å². The first-order valence-corrected chi connectivity index (χ1v) is 6.82. The van der Waals surface area contributed by atoms with E-state index in [9.17, 15) is 9.59 Å². The number of hydrogen-bond donors (Lipinski definition) is 2. The average molecular weight is 277 g/mol. The minimum Gasteiger partial charge on any atom is -0.481 e. The second-order valence-electron chi connectivity index (χ2n) is 5.08. The number of carbonyl (C=O) groups is 2. The van der Waals surface area contributed by atoms with Gasteiger partial charge in [-0.25, -0.2) is 0 Å². The van der Waals surface area contributed by atoms with Gasteiger partial charge in [0.05, 0.1) is 6.42 Å². The fourth-order valence-corrected chi connectivity index (χ4v) is 2.31. The highest BCUT2D eigenvalue weighted by molar-refractivity contribution is 5.90. The third-order valence-corrected chi connectivity index (χ3v) is 3.41. The molecule has 0 atom stereocenters. The number of carboxylic acids is 1. The van der Waals surface area contributed by atoms with Crippen LogP contribution in [-0.2, 0) is 20.7 Å². The molecule has 1 aliphatic heterocycles. The van der Waals surface area contributed by atoms with Crippen molar-refractivity contribution in [2.75, 3.05) is 18.5 Å². The molecule has 0 bridgehead atoms. The van der Waals surface area contributed by atoms with E-state index < -0.39 is 5.97 Å². The Morgan fingerprint density at radius 2 is 1.85 bits per heavy atom. The van der Waals surface area contributed by atoms with Gasteiger partial charge in [-0.1, -0.05) is 12.1 Å². The predicted molar refractivity (Wildman–Crippen MR) is 74.6 cm³/mol. The number of hydrogen-bond acceptors (Lipinski definition) is 3. The Hall–Kier alpha value is -1.88. The van der Waals surface area contributed by atoms with Crippen molar-refractivity contribution in [3.63, 3.8) is 0 Å². The van der Waals surface area contributed by atoms with Gasteiger partial charge in [0.2, 0.25) is 5.91 Å². The summed E-state index contributed by atoms with van der Waals surface area (Å²) in [6, 6.07) is 6.91. The first-order valence-electron chi connectivity index (χ1n) is 6.82. The molecule has 0 spiro atoms. The van der Waals surface area contributed by atoms with Gasteiger partial charge in [0.1, 0.15) is 0 Å². The maximum absolute atomic E-state index is 11.9. The van der Waals surface area contributed by atoms with E-state index >= 15 is 0 Å². The minimum absolute atomic E-state index is 0.00267. The molecule has 5 heteroatoms. The standard InChI is InChI=1S/C15H19NO4/c17-14(9-12-5-7-20-8-6-12)16-13-3-1-11(2-4-13)10-15(18)19/h1-4,12H,5-10H2,(H,16,17)(H,18,19). The molecule has 5 nitrogen and oxygen atoms in total. The highest BCUT2D eigenvalue weighted by Crippen LogP contribution is 2.19. The van der Waals surface area contributed by atoms with E-state index in [4.69, 9.17) is 9.84 Å². The molecule has 2 N–H and O–H groups in total. The molecule has 1 amide bonds. The summed E-state index contributed by atoms with van der Waals surface area (Å²) in [6.45, 7) is 1.48. The SMILES string of the molecule is O=C(O)Cc1ccc(NC(=O)CC2CCOCC2)cc1. The van der Waals surface area contributed by atoms with Crippen LogP contribution in [0.15, 0.2) is 24.3 Å². The number of rotatable bonds is 5. The summed E-state index contributed by atoms with van der Waals surface area (Å²) in [4.78, 5) is 22.5. The van der Waals surface area contributed by atoms with Crippen LogP contribution < -0.4 is 5.32 Å². The molecule has 0 radical (unpaired) electrons. The highest BCUT2D eigenvalue weighted by atomic mass is 16.5. The van der Waals surface area contributed by atoms with Crippen LogP contribution in [0, 0.1) is 5.92 Å². The van der Waals surface area contributed by atoms with Crippen molar-refractivity contribution in [2.24, 2.45) is 5.92 Å². The van der Waals surface area contributed by atoms with Gasteiger partial charge in [0.15, 0.2) is 0 Å². The topological polar surface area (TPSA) is 75.6 Å². The Morgan fingerprint density at radius 3 is 2.45 bits per heavy atom. The number of benzene rings is 1. The number of carbonyl (C=O) groups excluding carboxylic acids is 1. The number of amides is 1. The van der Waals surface area contributed by atoms with Crippen molar-refractivity contribution in [3.8, 4) is 0 Å². The molecular formula is C15H19NO4. The predicted octanol–water partition coefficient (Wildman–Crippen LogP) is 2.07. The summed E-state index contributed by atoms with van der Waals surface area (Å²) in [6.07, 6.45) is 2.38. The molecule has 1 saturated heterocycles. The first-order chi connectivity index (χ1) is 9.63. The molecular weight excluding hydrogens is 258 g/mol. The molecule has 2 rings (SSSR count). The Morgan fingerprint density at radius 1 is 1.20 bits per heavy atom. The van der Waals surface area contributed by atoms with Crippen LogP contribution in [0.3, 0.4) is 0 Å². The Balaban J connectivity index is 1.82. The van der Waals surface area contributed by atoms with Crippen LogP contribution in [0.25, 0.3) is 0 Å². The number of ether oxygens (including phenoxy) is 1. The normalized spacial score (nSPS) is 15.8. The zero-order valence-corrected chi connectivity index (χ0v) is 11.3. The molecule has 1 heterocycles. The van der Waals surface area contributed by atoms with Crippen molar-refractivity contribution < 1.29 is 19.4 Å². The summed E-state index contributed by atoms with van der Waals surface area (Å²) < 4.78 is 5.26. The number of anilines is 1. The van der Waals surface area contributed by atoms with Crippen LogP contribution >= 0.6 is 0 Å². The van der Waals surface area contributed by atoms with Gasteiger partial charge in [-0.15, -0.1) is 0 Å². The summed E-state index contributed by atoms with van der Waals surface area (Å²) >= 11 is 0. The fourth-order valence-electron chi connectivity index (χ4n) is 2.31. The summed E-state index contributed by atoms with van der Waals surface area (Å²) in [5.74, 6) is -0.459. The smallest absolute Gasteiger partial charge is 0.307 e. The molecule has 1 fully saturated rings. The van der Waals surface area contributed by atoms with Crippen molar-refractivity contribution in [2.45, 2.75) is 25.7 Å². The van der Waals surface area contributed by atoms with E-state index in [1.54, 1.807) is 24.3 Å². The van der Waals surface area contributed by atoms with Crippen molar-refractivity contribution >= 4 is 17.6 Å². The van der Waals surface area contributed by atoms with Gasteiger partial charge in [-0.05, 0) is 36.5 Å². The highest BCUT2D eigenvalue weighted by Gasteiger charge is 2.17. The van der Waals surface area contributed by atoms with Gasteiger partial charge >= 0.3 is 5.97 Å².